The van der Waals surface area contributed by atoms with E-state index in [0.29, 0.717) is 24.0 Å². The quantitative estimate of drug-likeness (QED) is 0.410. The van der Waals surface area contributed by atoms with Crippen LogP contribution < -0.4 is 16.1 Å². The molecular formula is C21H24FN7. The smallest absolute Gasteiger partial charge is 0.250 e. The maximum atomic E-state index is 13.7. The molecule has 0 bridgehead atoms. The standard InChI is InChI=1S/C21H24FN7/c1-21(2,3)28-19-25-18(23-13-15-9-5-4-6-10-15)26-20(27-19)29-24-14-16-11-7-8-12-17(16)22/h4-12,14H,13H2,1-3H3,(H3,23,25,26,27,28,29)/b24-14-. The van der Waals surface area contributed by atoms with E-state index < -0.39 is 0 Å². The average Bonchev–Trinajstić information content (AvgIpc) is 2.67. The molecule has 0 spiro atoms. The minimum atomic E-state index is -0.353. The molecule has 1 aromatic heterocycles. The molecule has 0 radical (unpaired) electrons. The molecule has 0 aliphatic carbocycles. The second-order valence-corrected chi connectivity index (χ2v) is 7.41. The van der Waals surface area contributed by atoms with Gasteiger partial charge in [0.25, 0.3) is 0 Å². The summed E-state index contributed by atoms with van der Waals surface area (Å²) < 4.78 is 13.7. The fourth-order valence-electron chi connectivity index (χ4n) is 2.41. The van der Waals surface area contributed by atoms with Crippen LogP contribution in [0.3, 0.4) is 0 Å². The van der Waals surface area contributed by atoms with Gasteiger partial charge in [0.15, 0.2) is 0 Å². The number of hydrazone groups is 1. The van der Waals surface area contributed by atoms with Crippen LogP contribution in [0.5, 0.6) is 0 Å². The summed E-state index contributed by atoms with van der Waals surface area (Å²) in [6.07, 6.45) is 1.38. The van der Waals surface area contributed by atoms with E-state index >= 15 is 0 Å². The summed E-state index contributed by atoms with van der Waals surface area (Å²) in [4.78, 5) is 13.1. The van der Waals surface area contributed by atoms with Gasteiger partial charge in [-0.05, 0) is 32.4 Å². The van der Waals surface area contributed by atoms with E-state index in [2.05, 4.69) is 36.1 Å². The summed E-state index contributed by atoms with van der Waals surface area (Å²) in [5.41, 5.74) is 3.98. The van der Waals surface area contributed by atoms with Crippen LogP contribution in [0.2, 0.25) is 0 Å². The van der Waals surface area contributed by atoms with E-state index in [0.717, 1.165) is 5.56 Å². The number of halogens is 1. The van der Waals surface area contributed by atoms with Crippen LogP contribution in [-0.4, -0.2) is 26.7 Å². The molecule has 29 heavy (non-hydrogen) atoms. The molecule has 3 N–H and O–H groups in total. The summed E-state index contributed by atoms with van der Waals surface area (Å²) in [6, 6.07) is 16.3. The van der Waals surface area contributed by atoms with Crippen LogP contribution in [0.1, 0.15) is 31.9 Å². The fraction of sp³-hybridized carbons (Fsp3) is 0.238. The van der Waals surface area contributed by atoms with Crippen molar-refractivity contribution in [2.24, 2.45) is 5.10 Å². The zero-order chi connectivity index (χ0) is 20.7. The predicted molar refractivity (Wildman–Crippen MR) is 115 cm³/mol. The van der Waals surface area contributed by atoms with E-state index in [1.807, 2.05) is 51.1 Å². The highest BCUT2D eigenvalue weighted by Crippen LogP contribution is 2.15. The highest BCUT2D eigenvalue weighted by molar-refractivity contribution is 5.80. The summed E-state index contributed by atoms with van der Waals surface area (Å²) in [5, 5.41) is 10.5. The van der Waals surface area contributed by atoms with E-state index in [1.165, 1.54) is 12.3 Å². The molecule has 3 rings (SSSR count). The molecular weight excluding hydrogens is 369 g/mol. The Morgan fingerprint density at radius 1 is 0.897 bits per heavy atom. The van der Waals surface area contributed by atoms with Gasteiger partial charge in [-0.2, -0.15) is 20.1 Å². The van der Waals surface area contributed by atoms with Gasteiger partial charge in [-0.15, -0.1) is 0 Å². The van der Waals surface area contributed by atoms with Crippen molar-refractivity contribution in [3.8, 4) is 0 Å². The summed E-state index contributed by atoms with van der Waals surface area (Å²) in [7, 11) is 0. The minimum Gasteiger partial charge on any atom is -0.350 e. The minimum absolute atomic E-state index is 0.230. The Morgan fingerprint density at radius 2 is 1.55 bits per heavy atom. The van der Waals surface area contributed by atoms with Crippen LogP contribution in [0.15, 0.2) is 59.7 Å². The molecule has 0 amide bonds. The summed E-state index contributed by atoms with van der Waals surface area (Å²) in [6.45, 7) is 6.60. The molecule has 0 aliphatic rings. The van der Waals surface area contributed by atoms with Gasteiger partial charge in [0.05, 0.1) is 6.21 Å². The van der Waals surface area contributed by atoms with Gasteiger partial charge >= 0.3 is 0 Å². The first-order valence-electron chi connectivity index (χ1n) is 9.25. The normalized spacial score (nSPS) is 11.4. The Morgan fingerprint density at radius 3 is 2.28 bits per heavy atom. The van der Waals surface area contributed by atoms with Gasteiger partial charge in [0.1, 0.15) is 5.82 Å². The van der Waals surface area contributed by atoms with Crippen molar-refractivity contribution in [1.82, 2.24) is 15.0 Å². The van der Waals surface area contributed by atoms with Crippen LogP contribution in [-0.2, 0) is 6.54 Å². The first kappa shape index (κ1) is 20.2. The lowest BCUT2D eigenvalue weighted by Crippen LogP contribution is -2.28. The van der Waals surface area contributed by atoms with Crippen molar-refractivity contribution in [2.75, 3.05) is 16.1 Å². The lowest BCUT2D eigenvalue weighted by atomic mass is 10.1. The van der Waals surface area contributed by atoms with Crippen LogP contribution in [0.4, 0.5) is 22.2 Å². The predicted octanol–water partition coefficient (Wildman–Crippen LogP) is 4.28. The number of hydrogen-bond acceptors (Lipinski definition) is 7. The maximum Gasteiger partial charge on any atom is 0.250 e. The highest BCUT2D eigenvalue weighted by atomic mass is 19.1. The average molecular weight is 393 g/mol. The first-order chi connectivity index (χ1) is 13.9. The number of rotatable bonds is 7. The van der Waals surface area contributed by atoms with Gasteiger partial charge in [0.2, 0.25) is 17.8 Å². The van der Waals surface area contributed by atoms with Crippen molar-refractivity contribution in [3.63, 3.8) is 0 Å². The van der Waals surface area contributed by atoms with Gasteiger partial charge < -0.3 is 10.6 Å². The second-order valence-electron chi connectivity index (χ2n) is 7.41. The molecule has 3 aromatic rings. The Balaban J connectivity index is 1.77. The van der Waals surface area contributed by atoms with Crippen molar-refractivity contribution in [3.05, 3.63) is 71.5 Å². The third-order valence-electron chi connectivity index (χ3n) is 3.69. The molecule has 0 saturated carbocycles. The SMILES string of the molecule is CC(C)(C)Nc1nc(NCc2ccccc2)nc(N/N=C\c2ccccc2F)n1. The van der Waals surface area contributed by atoms with Crippen molar-refractivity contribution in [1.29, 1.82) is 0 Å². The number of nitrogens with zero attached hydrogens (tertiary/aromatic N) is 4. The van der Waals surface area contributed by atoms with E-state index in [9.17, 15) is 4.39 Å². The van der Waals surface area contributed by atoms with Crippen LogP contribution in [0.25, 0.3) is 0 Å². The van der Waals surface area contributed by atoms with E-state index in [1.54, 1.807) is 18.2 Å². The number of anilines is 3. The monoisotopic (exact) mass is 393 g/mol. The lowest BCUT2D eigenvalue weighted by molar-refractivity contribution is 0.625. The maximum absolute atomic E-state index is 13.7. The molecule has 0 fully saturated rings. The molecule has 1 heterocycles. The highest BCUT2D eigenvalue weighted by Gasteiger charge is 2.14. The van der Waals surface area contributed by atoms with Gasteiger partial charge in [-0.1, -0.05) is 48.5 Å². The Hall–Kier alpha value is -3.55. The number of benzene rings is 2. The third-order valence-corrected chi connectivity index (χ3v) is 3.69. The lowest BCUT2D eigenvalue weighted by Gasteiger charge is -2.20. The fourth-order valence-corrected chi connectivity index (χ4v) is 2.41. The number of hydrogen-bond donors (Lipinski definition) is 3. The van der Waals surface area contributed by atoms with Crippen LogP contribution >= 0.6 is 0 Å². The summed E-state index contributed by atoms with van der Waals surface area (Å²) in [5.74, 6) is 0.703. The summed E-state index contributed by atoms with van der Waals surface area (Å²) >= 11 is 0. The van der Waals surface area contributed by atoms with Crippen molar-refractivity contribution in [2.45, 2.75) is 32.9 Å². The number of nitrogens with one attached hydrogen (secondary N) is 3. The third kappa shape index (κ3) is 6.53. The van der Waals surface area contributed by atoms with Gasteiger partial charge in [-0.25, -0.2) is 9.82 Å². The van der Waals surface area contributed by atoms with Crippen LogP contribution in [0, 0.1) is 5.82 Å². The second kappa shape index (κ2) is 9.09. The van der Waals surface area contributed by atoms with E-state index in [4.69, 9.17) is 0 Å². The molecule has 150 valence electrons. The Kier molecular flexibility index (Phi) is 6.33. The zero-order valence-electron chi connectivity index (χ0n) is 16.6. The Bertz CT molecular complexity index is 968. The number of aromatic nitrogens is 3. The van der Waals surface area contributed by atoms with E-state index in [-0.39, 0.29) is 17.3 Å². The molecule has 8 heteroatoms. The molecule has 0 saturated heterocycles. The molecule has 0 atom stereocenters. The largest absolute Gasteiger partial charge is 0.350 e. The molecule has 0 unspecified atom stereocenters. The molecule has 7 nitrogen and oxygen atoms in total. The Labute approximate surface area is 169 Å². The topological polar surface area (TPSA) is 87.1 Å². The molecule has 2 aromatic carbocycles. The van der Waals surface area contributed by atoms with Crippen molar-refractivity contribution >= 4 is 24.1 Å². The zero-order valence-corrected chi connectivity index (χ0v) is 16.6. The van der Waals surface area contributed by atoms with Gasteiger partial charge in [-0.3, -0.25) is 0 Å². The molecule has 0 aliphatic heterocycles. The first-order valence-corrected chi connectivity index (χ1v) is 9.25. The van der Waals surface area contributed by atoms with Gasteiger partial charge in [0, 0.05) is 17.6 Å². The van der Waals surface area contributed by atoms with Crippen molar-refractivity contribution < 1.29 is 4.39 Å².